The van der Waals surface area contributed by atoms with E-state index in [4.69, 9.17) is 0 Å². The molecule has 1 N–H and O–H groups in total. The van der Waals surface area contributed by atoms with Crippen LogP contribution in [0.1, 0.15) is 31.2 Å². The first-order valence-electron chi connectivity index (χ1n) is 7.91. The minimum atomic E-state index is -0.378. The molecule has 0 saturated heterocycles. The fraction of sp³-hybridized carbons (Fsp3) is 0.222. The molecule has 1 aromatic carbocycles. The molecule has 0 aliphatic heterocycles. The maximum atomic E-state index is 11.0. The van der Waals surface area contributed by atoms with Gasteiger partial charge in [-0.3, -0.25) is 15.1 Å². The highest BCUT2D eigenvalue weighted by Crippen LogP contribution is 2.39. The molecule has 1 atom stereocenters. The lowest BCUT2D eigenvalue weighted by atomic mass is 9.89. The van der Waals surface area contributed by atoms with E-state index in [2.05, 4.69) is 28.8 Å². The third-order valence-electron chi connectivity index (χ3n) is 3.88. The number of aromatic amines is 1. The van der Waals surface area contributed by atoms with Crippen LogP contribution >= 0.6 is 11.8 Å². The molecule has 0 amide bonds. The molecular formula is C18H18N4O2S. The lowest BCUT2D eigenvalue weighted by Crippen LogP contribution is -2.12. The van der Waals surface area contributed by atoms with Gasteiger partial charge in [0.05, 0.1) is 4.92 Å². The molecule has 0 saturated carbocycles. The predicted molar refractivity (Wildman–Crippen MR) is 96.7 cm³/mol. The smallest absolute Gasteiger partial charge is 0.270 e. The Hall–Kier alpha value is -2.67. The Bertz CT molecular complexity index is 865. The monoisotopic (exact) mass is 354 g/mol. The molecular weight excluding hydrogens is 336 g/mol. The van der Waals surface area contributed by atoms with Gasteiger partial charge in [0, 0.05) is 52.6 Å². The summed E-state index contributed by atoms with van der Waals surface area (Å²) in [6, 6.07) is 8.60. The molecule has 6 nitrogen and oxygen atoms in total. The minimum absolute atomic E-state index is 0.0740. The number of non-ortho nitro benzene ring substituents is 1. The first kappa shape index (κ1) is 17.2. The normalized spacial score (nSPS) is 12.3. The van der Waals surface area contributed by atoms with E-state index in [1.165, 1.54) is 17.8 Å². The van der Waals surface area contributed by atoms with Crippen molar-refractivity contribution in [1.29, 1.82) is 0 Å². The summed E-state index contributed by atoms with van der Waals surface area (Å²) in [5.41, 5.74) is 1.15. The number of nitro groups is 1. The van der Waals surface area contributed by atoms with Gasteiger partial charge in [0.1, 0.15) is 5.82 Å². The maximum absolute atomic E-state index is 11.0. The van der Waals surface area contributed by atoms with Gasteiger partial charge < -0.3 is 4.98 Å². The van der Waals surface area contributed by atoms with Crippen LogP contribution in [0.5, 0.6) is 0 Å². The van der Waals surface area contributed by atoms with Gasteiger partial charge in [-0.2, -0.15) is 0 Å². The molecule has 0 spiro atoms. The molecule has 0 aliphatic carbocycles. The van der Waals surface area contributed by atoms with Crippen LogP contribution in [-0.2, 0) is 0 Å². The summed E-state index contributed by atoms with van der Waals surface area (Å²) < 4.78 is 0. The van der Waals surface area contributed by atoms with Gasteiger partial charge in [0.25, 0.3) is 5.69 Å². The highest BCUT2D eigenvalue weighted by atomic mass is 32.2. The number of imidazole rings is 1. The fourth-order valence-electron chi connectivity index (χ4n) is 2.78. The number of pyridine rings is 1. The van der Waals surface area contributed by atoms with Gasteiger partial charge in [-0.1, -0.05) is 31.7 Å². The van der Waals surface area contributed by atoms with Crippen LogP contribution in [0.3, 0.4) is 0 Å². The minimum Gasteiger partial charge on any atom is -0.348 e. The summed E-state index contributed by atoms with van der Waals surface area (Å²) in [4.78, 5) is 24.4. The number of rotatable bonds is 6. The fourth-order valence-corrected chi connectivity index (χ4v) is 3.78. The number of hydrogen-bond acceptors (Lipinski definition) is 5. The van der Waals surface area contributed by atoms with Crippen molar-refractivity contribution in [1.82, 2.24) is 15.0 Å². The predicted octanol–water partition coefficient (Wildman–Crippen LogP) is 4.65. The molecule has 2 heterocycles. The number of H-pyrrole nitrogens is 1. The van der Waals surface area contributed by atoms with Crippen molar-refractivity contribution in [2.24, 2.45) is 5.92 Å². The van der Waals surface area contributed by atoms with Gasteiger partial charge >= 0.3 is 0 Å². The van der Waals surface area contributed by atoms with Gasteiger partial charge in [-0.15, -0.1) is 0 Å². The summed E-state index contributed by atoms with van der Waals surface area (Å²) in [7, 11) is 0. The van der Waals surface area contributed by atoms with E-state index in [-0.39, 0.29) is 16.5 Å². The maximum Gasteiger partial charge on any atom is 0.270 e. The van der Waals surface area contributed by atoms with Crippen LogP contribution in [-0.4, -0.2) is 19.9 Å². The van der Waals surface area contributed by atoms with E-state index in [9.17, 15) is 10.1 Å². The second-order valence-corrected chi connectivity index (χ2v) is 7.08. The Balaban J connectivity index is 1.98. The van der Waals surface area contributed by atoms with Crippen LogP contribution in [0.15, 0.2) is 64.9 Å². The number of aromatic nitrogens is 3. The zero-order valence-electron chi connectivity index (χ0n) is 13.9. The summed E-state index contributed by atoms with van der Waals surface area (Å²) in [6.07, 6.45) is 7.15. The molecule has 3 aromatic rings. The Morgan fingerprint density at radius 2 is 2.08 bits per heavy atom. The first-order valence-corrected chi connectivity index (χ1v) is 8.73. The average Bonchev–Trinajstić information content (AvgIpc) is 3.10. The quantitative estimate of drug-likeness (QED) is 0.514. The van der Waals surface area contributed by atoms with E-state index < -0.39 is 0 Å². The first-order chi connectivity index (χ1) is 12.1. The zero-order valence-corrected chi connectivity index (χ0v) is 14.7. The summed E-state index contributed by atoms with van der Waals surface area (Å²) in [5.74, 6) is 1.29. The number of nitro benzene ring substituents is 1. The molecule has 2 aromatic heterocycles. The van der Waals surface area contributed by atoms with Crippen molar-refractivity contribution in [3.63, 3.8) is 0 Å². The van der Waals surface area contributed by atoms with Crippen LogP contribution < -0.4 is 0 Å². The average molecular weight is 354 g/mol. The van der Waals surface area contributed by atoms with E-state index in [0.717, 1.165) is 21.2 Å². The second-order valence-electron chi connectivity index (χ2n) is 5.97. The van der Waals surface area contributed by atoms with Gasteiger partial charge in [-0.25, -0.2) is 4.98 Å². The molecule has 0 aliphatic rings. The number of hydrogen-bond donors (Lipinski definition) is 1. The van der Waals surface area contributed by atoms with Crippen LogP contribution in [0, 0.1) is 16.0 Å². The summed E-state index contributed by atoms with van der Waals surface area (Å²) in [5, 5.41) is 11.0. The Morgan fingerprint density at radius 3 is 2.76 bits per heavy atom. The highest BCUT2D eigenvalue weighted by Gasteiger charge is 2.24. The Labute approximate surface area is 149 Å². The SMILES string of the molecule is CC(C)C(c1ncc[nH]1)c1cnccc1Sc1cccc([N+](=O)[O-])c1. The molecule has 7 heteroatoms. The molecule has 0 radical (unpaired) electrons. The standard InChI is InChI=1S/C18H18N4O2S/c1-12(2)17(18-20-8-9-21-18)15-11-19-7-6-16(15)25-14-5-3-4-13(10-14)22(23)24/h3-12,17H,1-2H3,(H,20,21). The highest BCUT2D eigenvalue weighted by molar-refractivity contribution is 7.99. The molecule has 0 bridgehead atoms. The van der Waals surface area contributed by atoms with Crippen molar-refractivity contribution < 1.29 is 4.92 Å². The van der Waals surface area contributed by atoms with Crippen molar-refractivity contribution in [3.05, 3.63) is 76.6 Å². The van der Waals surface area contributed by atoms with E-state index >= 15 is 0 Å². The van der Waals surface area contributed by atoms with Gasteiger partial charge in [0.15, 0.2) is 0 Å². The van der Waals surface area contributed by atoms with Crippen LogP contribution in [0.4, 0.5) is 5.69 Å². The van der Waals surface area contributed by atoms with Crippen LogP contribution in [0.25, 0.3) is 0 Å². The van der Waals surface area contributed by atoms with E-state index in [1.54, 1.807) is 24.5 Å². The number of nitrogens with one attached hydrogen (secondary N) is 1. The zero-order chi connectivity index (χ0) is 17.8. The summed E-state index contributed by atoms with van der Waals surface area (Å²) >= 11 is 1.50. The Morgan fingerprint density at radius 1 is 1.24 bits per heavy atom. The lowest BCUT2D eigenvalue weighted by molar-refractivity contribution is -0.385. The summed E-state index contributed by atoms with van der Waals surface area (Å²) in [6.45, 7) is 4.28. The molecule has 3 rings (SSSR count). The van der Waals surface area contributed by atoms with Gasteiger partial charge in [0.2, 0.25) is 0 Å². The Kier molecular flexibility index (Phi) is 5.14. The van der Waals surface area contributed by atoms with Crippen LogP contribution in [0.2, 0.25) is 0 Å². The van der Waals surface area contributed by atoms with Gasteiger partial charge in [-0.05, 0) is 23.6 Å². The van der Waals surface area contributed by atoms with E-state index in [0.29, 0.717) is 5.92 Å². The topological polar surface area (TPSA) is 84.7 Å². The molecule has 128 valence electrons. The third-order valence-corrected chi connectivity index (χ3v) is 4.96. The molecule has 0 fully saturated rings. The van der Waals surface area contributed by atoms with Crippen molar-refractivity contribution in [3.8, 4) is 0 Å². The number of benzene rings is 1. The van der Waals surface area contributed by atoms with E-state index in [1.807, 2.05) is 24.5 Å². The lowest BCUT2D eigenvalue weighted by Gasteiger charge is -2.21. The largest absolute Gasteiger partial charge is 0.348 e. The van der Waals surface area contributed by atoms with Crippen molar-refractivity contribution in [2.75, 3.05) is 0 Å². The number of nitrogens with zero attached hydrogens (tertiary/aromatic N) is 3. The second kappa shape index (κ2) is 7.48. The third kappa shape index (κ3) is 3.88. The molecule has 25 heavy (non-hydrogen) atoms. The van der Waals surface area contributed by atoms with Crippen molar-refractivity contribution >= 4 is 17.4 Å². The molecule has 1 unspecified atom stereocenters. The van der Waals surface area contributed by atoms with Crippen molar-refractivity contribution in [2.45, 2.75) is 29.6 Å².